The zero-order valence-electron chi connectivity index (χ0n) is 19.5. The molecule has 0 saturated carbocycles. The number of pyridine rings is 1. The highest BCUT2D eigenvalue weighted by Crippen LogP contribution is 2.36. The van der Waals surface area contributed by atoms with Crippen LogP contribution in [0.3, 0.4) is 0 Å². The lowest BCUT2D eigenvalue weighted by molar-refractivity contribution is -0.130. The minimum atomic E-state index is -0.659. The molecule has 0 spiro atoms. The Labute approximate surface area is 195 Å². The molecule has 0 radical (unpaired) electrons. The van der Waals surface area contributed by atoms with E-state index in [1.54, 1.807) is 29.4 Å². The van der Waals surface area contributed by atoms with E-state index >= 15 is 0 Å². The van der Waals surface area contributed by atoms with Gasteiger partial charge in [0.15, 0.2) is 0 Å². The van der Waals surface area contributed by atoms with Gasteiger partial charge in [-0.1, -0.05) is 54.1 Å². The van der Waals surface area contributed by atoms with Crippen molar-refractivity contribution in [1.82, 2.24) is 15.2 Å². The van der Waals surface area contributed by atoms with Crippen LogP contribution < -0.4 is 5.32 Å². The first-order valence-electron chi connectivity index (χ1n) is 11.5. The number of carbonyl (C=O) groups excluding carboxylic acids is 2. The maximum absolute atomic E-state index is 13.4. The van der Waals surface area contributed by atoms with Crippen LogP contribution in [-0.2, 0) is 11.2 Å². The van der Waals surface area contributed by atoms with E-state index in [0.29, 0.717) is 31.5 Å². The van der Waals surface area contributed by atoms with E-state index in [0.717, 1.165) is 16.7 Å². The predicted molar refractivity (Wildman–Crippen MR) is 131 cm³/mol. The summed E-state index contributed by atoms with van der Waals surface area (Å²) in [5, 5.41) is 3.11. The Bertz CT molecular complexity index is 1130. The third-order valence-corrected chi connectivity index (χ3v) is 6.31. The molecule has 1 aromatic heterocycles. The summed E-state index contributed by atoms with van der Waals surface area (Å²) < 4.78 is 0. The number of aryl methyl sites for hydroxylation is 1. The van der Waals surface area contributed by atoms with E-state index in [-0.39, 0.29) is 17.9 Å². The van der Waals surface area contributed by atoms with Gasteiger partial charge in [-0.05, 0) is 62.4 Å². The highest BCUT2D eigenvalue weighted by atomic mass is 16.2. The molecule has 0 aliphatic carbocycles. The molecule has 5 heteroatoms. The maximum atomic E-state index is 13.4. The zero-order valence-corrected chi connectivity index (χ0v) is 19.5. The normalized spacial score (nSPS) is 17.9. The van der Waals surface area contributed by atoms with Gasteiger partial charge in [0.2, 0.25) is 5.91 Å². The Morgan fingerprint density at radius 3 is 2.55 bits per heavy atom. The van der Waals surface area contributed by atoms with Crippen molar-refractivity contribution in [2.24, 2.45) is 5.41 Å². The molecule has 1 atom stereocenters. The Kier molecular flexibility index (Phi) is 6.59. The van der Waals surface area contributed by atoms with Crippen LogP contribution in [0, 0.1) is 12.3 Å². The Morgan fingerprint density at radius 2 is 1.85 bits per heavy atom. The number of hydrogen-bond acceptors (Lipinski definition) is 3. The summed E-state index contributed by atoms with van der Waals surface area (Å²) in [4.78, 5) is 32.3. The van der Waals surface area contributed by atoms with Crippen molar-refractivity contribution in [2.75, 3.05) is 13.1 Å². The molecule has 170 valence electrons. The van der Waals surface area contributed by atoms with E-state index in [4.69, 9.17) is 0 Å². The minimum Gasteiger partial charge on any atom is -0.353 e. The van der Waals surface area contributed by atoms with E-state index in [2.05, 4.69) is 59.7 Å². The van der Waals surface area contributed by atoms with Crippen LogP contribution in [0.5, 0.6) is 0 Å². The van der Waals surface area contributed by atoms with Crippen molar-refractivity contribution in [2.45, 2.75) is 39.7 Å². The topological polar surface area (TPSA) is 62.3 Å². The number of amides is 2. The molecule has 1 aliphatic heterocycles. The summed E-state index contributed by atoms with van der Waals surface area (Å²) in [5.74, 6) is -0.0598. The first-order chi connectivity index (χ1) is 15.9. The SMILES string of the molecule is Cc1ccc(-c2cccc(CC3(C(=O)NC(C)C)CCN(C(=O)c4cccnc4)C3)c2)cc1. The molecular formula is C28H31N3O2. The lowest BCUT2D eigenvalue weighted by atomic mass is 9.79. The smallest absolute Gasteiger partial charge is 0.255 e. The lowest BCUT2D eigenvalue weighted by Gasteiger charge is -2.29. The summed E-state index contributed by atoms with van der Waals surface area (Å²) in [5.41, 5.74) is 4.51. The number of benzene rings is 2. The second-order valence-corrected chi connectivity index (χ2v) is 9.37. The predicted octanol–water partition coefficient (Wildman–Crippen LogP) is 4.66. The molecule has 4 rings (SSSR count). The molecule has 3 aromatic rings. The van der Waals surface area contributed by atoms with Gasteiger partial charge < -0.3 is 10.2 Å². The summed E-state index contributed by atoms with van der Waals surface area (Å²) in [6, 6.07) is 20.4. The van der Waals surface area contributed by atoms with Crippen molar-refractivity contribution in [1.29, 1.82) is 0 Å². The van der Waals surface area contributed by atoms with Gasteiger partial charge in [0, 0.05) is 31.5 Å². The van der Waals surface area contributed by atoms with Gasteiger partial charge in [-0.25, -0.2) is 0 Å². The lowest BCUT2D eigenvalue weighted by Crippen LogP contribution is -2.47. The molecule has 1 unspecified atom stereocenters. The molecule has 1 fully saturated rings. The molecule has 5 nitrogen and oxygen atoms in total. The third-order valence-electron chi connectivity index (χ3n) is 6.31. The fraction of sp³-hybridized carbons (Fsp3) is 0.321. The molecule has 1 aliphatic rings. The largest absolute Gasteiger partial charge is 0.353 e. The highest BCUT2D eigenvalue weighted by molar-refractivity contribution is 5.95. The molecule has 1 N–H and O–H groups in total. The van der Waals surface area contributed by atoms with E-state index < -0.39 is 5.41 Å². The van der Waals surface area contributed by atoms with Crippen molar-refractivity contribution in [3.63, 3.8) is 0 Å². The van der Waals surface area contributed by atoms with Crippen molar-refractivity contribution < 1.29 is 9.59 Å². The number of likely N-dealkylation sites (tertiary alicyclic amines) is 1. The first kappa shape index (κ1) is 22.7. The molecule has 0 bridgehead atoms. The van der Waals surface area contributed by atoms with Gasteiger partial charge in [-0.3, -0.25) is 14.6 Å². The van der Waals surface area contributed by atoms with Gasteiger partial charge in [-0.2, -0.15) is 0 Å². The maximum Gasteiger partial charge on any atom is 0.255 e. The van der Waals surface area contributed by atoms with Crippen LogP contribution in [-0.4, -0.2) is 40.8 Å². The second kappa shape index (κ2) is 9.57. The van der Waals surface area contributed by atoms with Crippen molar-refractivity contribution in [3.8, 4) is 11.1 Å². The summed E-state index contributed by atoms with van der Waals surface area (Å²) >= 11 is 0. The summed E-state index contributed by atoms with van der Waals surface area (Å²) in [6.45, 7) is 6.97. The van der Waals surface area contributed by atoms with Gasteiger partial charge in [0.1, 0.15) is 0 Å². The molecule has 33 heavy (non-hydrogen) atoms. The first-order valence-corrected chi connectivity index (χ1v) is 11.5. The number of rotatable bonds is 6. The average Bonchev–Trinajstić information content (AvgIpc) is 3.25. The van der Waals surface area contributed by atoms with Crippen molar-refractivity contribution >= 4 is 11.8 Å². The fourth-order valence-corrected chi connectivity index (χ4v) is 4.54. The Morgan fingerprint density at radius 1 is 1.06 bits per heavy atom. The standard InChI is InChI=1S/C28H31N3O2/c1-20(2)30-27(33)28(13-15-31(19-28)26(32)25-8-5-14-29-18-25)17-22-6-4-7-24(16-22)23-11-9-21(3)10-12-23/h4-12,14,16,18,20H,13,15,17,19H2,1-3H3,(H,30,33). The van der Waals surface area contributed by atoms with Crippen molar-refractivity contribution in [3.05, 3.63) is 89.7 Å². The summed E-state index contributed by atoms with van der Waals surface area (Å²) in [6.07, 6.45) is 4.46. The van der Waals surface area contributed by atoms with Crippen LogP contribution in [0.1, 0.15) is 41.8 Å². The third kappa shape index (κ3) is 5.14. The van der Waals surface area contributed by atoms with E-state index in [1.807, 2.05) is 19.9 Å². The Balaban J connectivity index is 1.61. The van der Waals surface area contributed by atoms with Gasteiger partial charge in [-0.15, -0.1) is 0 Å². The van der Waals surface area contributed by atoms with Gasteiger partial charge in [0.05, 0.1) is 11.0 Å². The minimum absolute atomic E-state index is 0.0136. The van der Waals surface area contributed by atoms with Crippen LogP contribution in [0.25, 0.3) is 11.1 Å². The van der Waals surface area contributed by atoms with Crippen LogP contribution in [0.2, 0.25) is 0 Å². The molecule has 1 saturated heterocycles. The monoisotopic (exact) mass is 441 g/mol. The molecule has 2 amide bonds. The quantitative estimate of drug-likeness (QED) is 0.605. The van der Waals surface area contributed by atoms with Crippen LogP contribution in [0.15, 0.2) is 73.1 Å². The van der Waals surface area contributed by atoms with Gasteiger partial charge in [0.25, 0.3) is 5.91 Å². The summed E-state index contributed by atoms with van der Waals surface area (Å²) in [7, 11) is 0. The van der Waals surface area contributed by atoms with Crippen LogP contribution >= 0.6 is 0 Å². The average molecular weight is 442 g/mol. The van der Waals surface area contributed by atoms with Crippen LogP contribution in [0.4, 0.5) is 0 Å². The fourth-order valence-electron chi connectivity index (χ4n) is 4.54. The molecule has 2 aromatic carbocycles. The number of nitrogens with one attached hydrogen (secondary N) is 1. The second-order valence-electron chi connectivity index (χ2n) is 9.37. The zero-order chi connectivity index (χ0) is 23.4. The van der Waals surface area contributed by atoms with Gasteiger partial charge >= 0.3 is 0 Å². The highest BCUT2D eigenvalue weighted by Gasteiger charge is 2.46. The number of hydrogen-bond donors (Lipinski definition) is 1. The molecule has 2 heterocycles. The number of nitrogens with zero attached hydrogens (tertiary/aromatic N) is 2. The number of carbonyl (C=O) groups is 2. The van der Waals surface area contributed by atoms with E-state index in [1.165, 1.54) is 5.56 Å². The van der Waals surface area contributed by atoms with E-state index in [9.17, 15) is 9.59 Å². The Hall–Kier alpha value is -3.47. The number of aromatic nitrogens is 1. The molecular weight excluding hydrogens is 410 g/mol.